The molecule has 29 heavy (non-hydrogen) atoms. The number of rotatable bonds is 0. The second-order valence-electron chi connectivity index (χ2n) is 7.55. The van der Waals surface area contributed by atoms with Crippen LogP contribution in [0.3, 0.4) is 0 Å². The van der Waals surface area contributed by atoms with Gasteiger partial charge in [-0.3, -0.25) is 4.79 Å². The maximum Gasteiger partial charge on any atom is 0.182 e. The fraction of sp³-hybridized carbons (Fsp3) is 0.0385. The smallest absolute Gasteiger partial charge is 0.182 e. The lowest BCUT2D eigenvalue weighted by atomic mass is 9.62. The molecule has 0 heterocycles. The Hall–Kier alpha value is -2.49. The van der Waals surface area contributed by atoms with Crippen molar-refractivity contribution in [2.24, 2.45) is 0 Å². The number of Topliss-reactive ketones (excluding diaryl/α,β-unsaturated/α-hetero) is 1. The van der Waals surface area contributed by atoms with E-state index < -0.39 is 5.41 Å². The highest BCUT2D eigenvalue weighted by molar-refractivity contribution is 9.10. The molecule has 0 fully saturated rings. The van der Waals surface area contributed by atoms with E-state index in [1.807, 2.05) is 36.4 Å². The van der Waals surface area contributed by atoms with Crippen LogP contribution in [-0.4, -0.2) is 5.78 Å². The molecule has 3 heteroatoms. The Bertz CT molecular complexity index is 1350. The van der Waals surface area contributed by atoms with E-state index in [0.717, 1.165) is 53.5 Å². The summed E-state index contributed by atoms with van der Waals surface area (Å²) < 4.78 is 1.90. The molecule has 2 aliphatic rings. The lowest BCUT2D eigenvalue weighted by molar-refractivity contribution is 0.0935. The molecule has 0 amide bonds. The summed E-state index contributed by atoms with van der Waals surface area (Å²) in [5, 5.41) is 0. The molecule has 0 saturated carbocycles. The van der Waals surface area contributed by atoms with Gasteiger partial charge in [0, 0.05) is 14.5 Å². The van der Waals surface area contributed by atoms with Crippen molar-refractivity contribution in [3.63, 3.8) is 0 Å². The molecule has 1 atom stereocenters. The second kappa shape index (κ2) is 6.01. The fourth-order valence-electron chi connectivity index (χ4n) is 5.09. The number of fused-ring (bicyclic) bond motifs is 9. The first-order chi connectivity index (χ1) is 14.1. The molecule has 1 unspecified atom stereocenters. The van der Waals surface area contributed by atoms with Gasteiger partial charge in [-0.2, -0.15) is 0 Å². The van der Waals surface area contributed by atoms with Gasteiger partial charge in [0.25, 0.3) is 0 Å². The molecular formula is C26H14Br2O. The highest BCUT2D eigenvalue weighted by Crippen LogP contribution is 2.58. The van der Waals surface area contributed by atoms with Crippen molar-refractivity contribution in [1.82, 2.24) is 0 Å². The summed E-state index contributed by atoms with van der Waals surface area (Å²) in [5.74, 6) is 0.136. The number of ketones is 1. The van der Waals surface area contributed by atoms with Crippen molar-refractivity contribution in [2.45, 2.75) is 5.41 Å². The van der Waals surface area contributed by atoms with Gasteiger partial charge in [0.1, 0.15) is 5.41 Å². The van der Waals surface area contributed by atoms with Gasteiger partial charge in [-0.25, -0.2) is 0 Å². The number of carbonyl (C=O) groups excluding carboxylic acids is 1. The van der Waals surface area contributed by atoms with Crippen LogP contribution in [0, 0.1) is 0 Å². The third-order valence-electron chi connectivity index (χ3n) is 6.19. The summed E-state index contributed by atoms with van der Waals surface area (Å²) >= 11 is 7.21. The van der Waals surface area contributed by atoms with Crippen LogP contribution in [0.1, 0.15) is 27.0 Å². The van der Waals surface area contributed by atoms with Crippen molar-refractivity contribution in [1.29, 1.82) is 0 Å². The van der Waals surface area contributed by atoms with Gasteiger partial charge in [-0.15, -0.1) is 0 Å². The van der Waals surface area contributed by atoms with E-state index >= 15 is 0 Å². The molecule has 0 saturated heterocycles. The monoisotopic (exact) mass is 500 g/mol. The minimum Gasteiger partial charge on any atom is -0.292 e. The van der Waals surface area contributed by atoms with Crippen molar-refractivity contribution in [3.05, 3.63) is 116 Å². The average molecular weight is 502 g/mol. The SMILES string of the molecule is O=C1c2cc(Br)ccc2-c2ccccc2C12c1ccccc1-c1ccc(Br)cc12. The Labute approximate surface area is 185 Å². The zero-order valence-electron chi connectivity index (χ0n) is 15.2. The molecule has 2 aliphatic carbocycles. The summed E-state index contributed by atoms with van der Waals surface area (Å²) in [6.07, 6.45) is 0. The Balaban J connectivity index is 1.84. The largest absolute Gasteiger partial charge is 0.292 e. The Morgan fingerprint density at radius 3 is 1.72 bits per heavy atom. The second-order valence-corrected chi connectivity index (χ2v) is 9.38. The van der Waals surface area contributed by atoms with E-state index in [1.165, 1.54) is 0 Å². The van der Waals surface area contributed by atoms with Crippen LogP contribution in [0.25, 0.3) is 22.3 Å². The summed E-state index contributed by atoms with van der Waals surface area (Å²) in [5.41, 5.74) is 7.50. The van der Waals surface area contributed by atoms with E-state index in [-0.39, 0.29) is 5.78 Å². The van der Waals surface area contributed by atoms with Crippen LogP contribution >= 0.6 is 31.9 Å². The Kier molecular flexibility index (Phi) is 3.60. The summed E-state index contributed by atoms with van der Waals surface area (Å²) in [6.45, 7) is 0. The first-order valence-electron chi connectivity index (χ1n) is 9.46. The maximum absolute atomic E-state index is 14.4. The van der Waals surface area contributed by atoms with Gasteiger partial charge in [0.15, 0.2) is 5.78 Å². The van der Waals surface area contributed by atoms with Gasteiger partial charge >= 0.3 is 0 Å². The van der Waals surface area contributed by atoms with Gasteiger partial charge in [0.05, 0.1) is 0 Å². The maximum atomic E-state index is 14.4. The van der Waals surface area contributed by atoms with Gasteiger partial charge < -0.3 is 0 Å². The molecule has 138 valence electrons. The predicted octanol–water partition coefficient (Wildman–Crippen LogP) is 7.39. The molecule has 0 aromatic heterocycles. The Morgan fingerprint density at radius 1 is 0.517 bits per heavy atom. The summed E-state index contributed by atoms with van der Waals surface area (Å²) in [7, 11) is 0. The lowest BCUT2D eigenvalue weighted by Crippen LogP contribution is -2.40. The molecule has 1 spiro atoms. The van der Waals surface area contributed by atoms with E-state index in [4.69, 9.17) is 0 Å². The average Bonchev–Trinajstić information content (AvgIpc) is 3.03. The molecule has 6 rings (SSSR count). The number of hydrogen-bond donors (Lipinski definition) is 0. The Morgan fingerprint density at radius 2 is 1.03 bits per heavy atom. The number of benzene rings is 4. The van der Waals surface area contributed by atoms with Crippen LogP contribution in [0.2, 0.25) is 0 Å². The number of hydrogen-bond acceptors (Lipinski definition) is 1. The highest BCUT2D eigenvalue weighted by Gasteiger charge is 2.54. The zero-order valence-corrected chi connectivity index (χ0v) is 18.4. The predicted molar refractivity (Wildman–Crippen MR) is 123 cm³/mol. The summed E-state index contributed by atoms with van der Waals surface area (Å²) in [4.78, 5) is 14.4. The van der Waals surface area contributed by atoms with Crippen LogP contribution in [0.5, 0.6) is 0 Å². The molecule has 4 aromatic rings. The molecule has 0 N–H and O–H groups in total. The third kappa shape index (κ3) is 2.12. The van der Waals surface area contributed by atoms with Crippen LogP contribution < -0.4 is 0 Å². The van der Waals surface area contributed by atoms with Crippen molar-refractivity contribution in [2.75, 3.05) is 0 Å². The quantitative estimate of drug-likeness (QED) is 0.245. The molecule has 4 aromatic carbocycles. The lowest BCUT2D eigenvalue weighted by Gasteiger charge is -2.37. The summed E-state index contributed by atoms with van der Waals surface area (Å²) in [6, 6.07) is 29.0. The molecule has 0 aliphatic heterocycles. The van der Waals surface area contributed by atoms with Crippen molar-refractivity contribution >= 4 is 37.6 Å². The van der Waals surface area contributed by atoms with Crippen LogP contribution in [0.4, 0.5) is 0 Å². The van der Waals surface area contributed by atoms with E-state index in [1.54, 1.807) is 0 Å². The number of halogens is 2. The molecule has 0 bridgehead atoms. The standard InChI is InChI=1S/C26H14Br2O/c27-15-9-11-17-18-5-1-3-7-22(18)26(25(29)21(17)13-15)23-8-4-2-6-19(23)20-12-10-16(28)14-24(20)26/h1-14H. The number of carbonyl (C=O) groups is 1. The first-order valence-corrected chi connectivity index (χ1v) is 11.0. The highest BCUT2D eigenvalue weighted by atomic mass is 79.9. The van der Waals surface area contributed by atoms with E-state index in [2.05, 4.69) is 80.4 Å². The van der Waals surface area contributed by atoms with Gasteiger partial charge in [0.2, 0.25) is 0 Å². The van der Waals surface area contributed by atoms with Gasteiger partial charge in [-0.1, -0.05) is 92.5 Å². The minimum absolute atomic E-state index is 0.136. The third-order valence-corrected chi connectivity index (χ3v) is 7.18. The topological polar surface area (TPSA) is 17.1 Å². The van der Waals surface area contributed by atoms with Crippen molar-refractivity contribution < 1.29 is 4.79 Å². The van der Waals surface area contributed by atoms with E-state index in [0.29, 0.717) is 0 Å². The molecule has 1 nitrogen and oxygen atoms in total. The van der Waals surface area contributed by atoms with Crippen LogP contribution in [0.15, 0.2) is 93.9 Å². The normalized spacial score (nSPS) is 18.2. The van der Waals surface area contributed by atoms with E-state index in [9.17, 15) is 4.79 Å². The van der Waals surface area contributed by atoms with Crippen molar-refractivity contribution in [3.8, 4) is 22.3 Å². The molecule has 0 radical (unpaired) electrons. The first kappa shape index (κ1) is 17.4. The zero-order chi connectivity index (χ0) is 19.8. The fourth-order valence-corrected chi connectivity index (χ4v) is 5.82. The van der Waals surface area contributed by atoms with Crippen LogP contribution in [-0.2, 0) is 5.41 Å². The van der Waals surface area contributed by atoms with Gasteiger partial charge in [-0.05, 0) is 63.2 Å². The minimum atomic E-state index is -0.833. The molecular weight excluding hydrogens is 488 g/mol.